The molecule has 2 bridgehead atoms. The fourth-order valence-electron chi connectivity index (χ4n) is 4.83. The Balaban J connectivity index is 1.38. The summed E-state index contributed by atoms with van der Waals surface area (Å²) in [5.41, 5.74) is 0.508. The van der Waals surface area contributed by atoms with Crippen LogP contribution < -0.4 is 10.1 Å². The summed E-state index contributed by atoms with van der Waals surface area (Å²) < 4.78 is 11.1. The van der Waals surface area contributed by atoms with Crippen molar-refractivity contribution in [1.29, 1.82) is 0 Å². The first-order valence-electron chi connectivity index (χ1n) is 9.66. The molecule has 0 saturated carbocycles. The van der Waals surface area contributed by atoms with Gasteiger partial charge in [0.25, 0.3) is 5.91 Å². The molecule has 3 aliphatic heterocycles. The minimum atomic E-state index is -0.0960. The van der Waals surface area contributed by atoms with Gasteiger partial charge in [-0.05, 0) is 56.7 Å². The number of benzene rings is 1. The van der Waals surface area contributed by atoms with Crippen LogP contribution in [-0.2, 0) is 4.74 Å². The van der Waals surface area contributed by atoms with Crippen LogP contribution in [0.2, 0.25) is 5.02 Å². The average Bonchev–Trinajstić information content (AvgIpc) is 3.22. The molecule has 26 heavy (non-hydrogen) atoms. The number of nitrogens with one attached hydrogen (secondary N) is 1. The van der Waals surface area contributed by atoms with Crippen molar-refractivity contribution in [2.24, 2.45) is 0 Å². The van der Waals surface area contributed by atoms with Crippen LogP contribution in [0.15, 0.2) is 18.2 Å². The second-order valence-electron chi connectivity index (χ2n) is 7.70. The van der Waals surface area contributed by atoms with Crippen molar-refractivity contribution in [2.75, 3.05) is 20.3 Å². The van der Waals surface area contributed by atoms with E-state index in [1.165, 1.54) is 25.7 Å². The number of rotatable bonds is 5. The predicted molar refractivity (Wildman–Crippen MR) is 101 cm³/mol. The minimum Gasteiger partial charge on any atom is -0.496 e. The van der Waals surface area contributed by atoms with E-state index in [9.17, 15) is 4.79 Å². The molecule has 3 heterocycles. The van der Waals surface area contributed by atoms with Crippen molar-refractivity contribution >= 4 is 17.5 Å². The monoisotopic (exact) mass is 378 g/mol. The van der Waals surface area contributed by atoms with E-state index in [2.05, 4.69) is 10.2 Å². The zero-order chi connectivity index (χ0) is 18.1. The molecule has 4 atom stereocenters. The van der Waals surface area contributed by atoms with E-state index >= 15 is 0 Å². The van der Waals surface area contributed by atoms with Gasteiger partial charge in [0.1, 0.15) is 5.75 Å². The Morgan fingerprint density at radius 1 is 1.31 bits per heavy atom. The van der Waals surface area contributed by atoms with E-state index in [-0.39, 0.29) is 11.9 Å². The largest absolute Gasteiger partial charge is 0.496 e. The van der Waals surface area contributed by atoms with Crippen molar-refractivity contribution in [1.82, 2.24) is 10.2 Å². The van der Waals surface area contributed by atoms with Crippen LogP contribution in [0.25, 0.3) is 0 Å². The summed E-state index contributed by atoms with van der Waals surface area (Å²) in [7, 11) is 1.57. The van der Waals surface area contributed by atoms with Crippen LogP contribution in [0.3, 0.4) is 0 Å². The molecule has 4 rings (SSSR count). The highest BCUT2D eigenvalue weighted by atomic mass is 35.5. The van der Waals surface area contributed by atoms with Gasteiger partial charge in [-0.1, -0.05) is 11.6 Å². The molecule has 0 spiro atoms. The molecule has 2 unspecified atom stereocenters. The highest BCUT2D eigenvalue weighted by Crippen LogP contribution is 2.37. The van der Waals surface area contributed by atoms with Crippen molar-refractivity contribution in [3.8, 4) is 5.75 Å². The maximum Gasteiger partial charge on any atom is 0.255 e. The molecule has 6 heteroatoms. The molecule has 0 aliphatic carbocycles. The number of piperidine rings is 1. The van der Waals surface area contributed by atoms with Gasteiger partial charge < -0.3 is 14.8 Å². The Morgan fingerprint density at radius 2 is 2.08 bits per heavy atom. The van der Waals surface area contributed by atoms with Crippen molar-refractivity contribution in [3.05, 3.63) is 28.8 Å². The molecule has 5 nitrogen and oxygen atoms in total. The first-order valence-corrected chi connectivity index (χ1v) is 10.0. The fourth-order valence-corrected chi connectivity index (χ4v) is 5.01. The second-order valence-corrected chi connectivity index (χ2v) is 8.14. The molecule has 1 N–H and O–H groups in total. The van der Waals surface area contributed by atoms with E-state index in [1.54, 1.807) is 25.3 Å². The van der Waals surface area contributed by atoms with Crippen LogP contribution in [0, 0.1) is 0 Å². The standard InChI is InChI=1S/C20H27ClN2O3/c1-25-19-7-4-13(21)9-18(19)20(24)22-14-10-15-5-6-16(11-14)23(15)12-17-3-2-8-26-17/h4,7,9,14-17H,2-3,5-6,8,10-12H2,1H3,(H,22,24)/t14?,15-,16+,17?. The lowest BCUT2D eigenvalue weighted by Gasteiger charge is -2.40. The third kappa shape index (κ3) is 3.71. The number of amides is 1. The molecule has 1 amide bonds. The average molecular weight is 379 g/mol. The Morgan fingerprint density at radius 3 is 2.73 bits per heavy atom. The van der Waals surface area contributed by atoms with E-state index in [0.717, 1.165) is 26.0 Å². The predicted octanol–water partition coefficient (Wildman–Crippen LogP) is 3.25. The van der Waals surface area contributed by atoms with Gasteiger partial charge >= 0.3 is 0 Å². The number of hydrogen-bond donors (Lipinski definition) is 1. The summed E-state index contributed by atoms with van der Waals surface area (Å²) in [4.78, 5) is 15.4. The maximum absolute atomic E-state index is 12.8. The van der Waals surface area contributed by atoms with Gasteiger partial charge in [-0.25, -0.2) is 0 Å². The highest BCUT2D eigenvalue weighted by Gasteiger charge is 2.42. The van der Waals surface area contributed by atoms with E-state index in [0.29, 0.717) is 34.5 Å². The topological polar surface area (TPSA) is 50.8 Å². The SMILES string of the molecule is COc1ccc(Cl)cc1C(=O)NC1C[C@H]2CC[C@@H](C1)N2CC1CCCO1. The third-order valence-electron chi connectivity index (χ3n) is 6.06. The van der Waals surface area contributed by atoms with Gasteiger partial charge in [-0.3, -0.25) is 9.69 Å². The first-order chi connectivity index (χ1) is 12.6. The number of carbonyl (C=O) groups is 1. The Kier molecular flexibility index (Phi) is 5.39. The van der Waals surface area contributed by atoms with Gasteiger partial charge in [0.15, 0.2) is 0 Å². The van der Waals surface area contributed by atoms with E-state index in [1.807, 2.05) is 0 Å². The van der Waals surface area contributed by atoms with E-state index in [4.69, 9.17) is 21.1 Å². The molecule has 0 aromatic heterocycles. The van der Waals surface area contributed by atoms with Gasteiger partial charge in [0.05, 0.1) is 18.8 Å². The minimum absolute atomic E-state index is 0.0960. The molecular weight excluding hydrogens is 352 g/mol. The quantitative estimate of drug-likeness (QED) is 0.854. The first kappa shape index (κ1) is 18.1. The Labute approximate surface area is 160 Å². The van der Waals surface area contributed by atoms with Crippen molar-refractivity contribution in [2.45, 2.75) is 62.8 Å². The highest BCUT2D eigenvalue weighted by molar-refractivity contribution is 6.31. The Hall–Kier alpha value is -1.30. The molecule has 1 aromatic rings. The summed E-state index contributed by atoms with van der Waals surface area (Å²) >= 11 is 6.06. The maximum atomic E-state index is 12.8. The van der Waals surface area contributed by atoms with Crippen LogP contribution in [0.5, 0.6) is 5.75 Å². The van der Waals surface area contributed by atoms with Crippen LogP contribution in [0.1, 0.15) is 48.9 Å². The zero-order valence-corrected chi connectivity index (χ0v) is 16.0. The summed E-state index contributed by atoms with van der Waals surface area (Å²) in [5.74, 6) is 0.465. The lowest BCUT2D eigenvalue weighted by Crippen LogP contribution is -2.52. The number of carbonyl (C=O) groups excluding carboxylic acids is 1. The van der Waals surface area contributed by atoms with Gasteiger partial charge in [0, 0.05) is 36.3 Å². The summed E-state index contributed by atoms with van der Waals surface area (Å²) in [5, 5.41) is 3.76. The number of hydrogen-bond acceptors (Lipinski definition) is 4. The number of ether oxygens (including phenoxy) is 2. The van der Waals surface area contributed by atoms with Crippen LogP contribution >= 0.6 is 11.6 Å². The normalized spacial score (nSPS) is 31.2. The fraction of sp³-hybridized carbons (Fsp3) is 0.650. The van der Waals surface area contributed by atoms with Gasteiger partial charge in [0.2, 0.25) is 0 Å². The Bertz CT molecular complexity index is 648. The number of nitrogens with zero attached hydrogens (tertiary/aromatic N) is 1. The number of fused-ring (bicyclic) bond motifs is 2. The summed E-state index contributed by atoms with van der Waals surface area (Å²) in [6.45, 7) is 1.96. The smallest absolute Gasteiger partial charge is 0.255 e. The molecule has 142 valence electrons. The summed E-state index contributed by atoms with van der Waals surface area (Å²) in [6, 6.07) is 6.49. The van der Waals surface area contributed by atoms with Crippen molar-refractivity contribution in [3.63, 3.8) is 0 Å². The lowest BCUT2D eigenvalue weighted by atomic mass is 9.96. The zero-order valence-electron chi connectivity index (χ0n) is 15.2. The molecule has 3 aliphatic rings. The van der Waals surface area contributed by atoms with Crippen molar-refractivity contribution < 1.29 is 14.3 Å². The lowest BCUT2D eigenvalue weighted by molar-refractivity contribution is 0.0332. The molecule has 3 saturated heterocycles. The molecule has 1 aromatic carbocycles. The van der Waals surface area contributed by atoms with Gasteiger partial charge in [-0.15, -0.1) is 0 Å². The number of methoxy groups -OCH3 is 1. The molecular formula is C20H27ClN2O3. The van der Waals surface area contributed by atoms with E-state index < -0.39 is 0 Å². The van der Waals surface area contributed by atoms with Gasteiger partial charge in [-0.2, -0.15) is 0 Å². The van der Waals surface area contributed by atoms with Crippen LogP contribution in [0.4, 0.5) is 0 Å². The molecule has 0 radical (unpaired) electrons. The summed E-state index contributed by atoms with van der Waals surface area (Å²) in [6.07, 6.45) is 7.25. The molecule has 3 fully saturated rings. The third-order valence-corrected chi connectivity index (χ3v) is 6.30. The number of halogens is 1. The second kappa shape index (κ2) is 7.75. The van der Waals surface area contributed by atoms with Crippen LogP contribution in [-0.4, -0.2) is 55.3 Å².